The molecule has 0 aromatic rings. The summed E-state index contributed by atoms with van der Waals surface area (Å²) in [6.45, 7) is 6.27. The van der Waals surface area contributed by atoms with Crippen molar-refractivity contribution in [1.82, 2.24) is 0 Å². The Balaban J connectivity index is 2.40. The molecule has 0 saturated heterocycles. The van der Waals surface area contributed by atoms with Crippen molar-refractivity contribution in [2.75, 3.05) is 0 Å². The molecule has 3 atom stereocenters. The molecule has 2 aliphatic carbocycles. The highest BCUT2D eigenvalue weighted by Gasteiger charge is 2.64. The summed E-state index contributed by atoms with van der Waals surface area (Å²) in [6, 6.07) is 0. The number of halogens is 1. The summed E-state index contributed by atoms with van der Waals surface area (Å²) in [5, 5.41) is -0.291. The smallest absolute Gasteiger partial charge is 0.156 e. The van der Waals surface area contributed by atoms with Crippen LogP contribution >= 0.6 is 11.6 Å². The average Bonchev–Trinajstić information content (AvgIpc) is 2.20. The van der Waals surface area contributed by atoms with E-state index in [2.05, 4.69) is 32.9 Å². The third-order valence-electron chi connectivity index (χ3n) is 3.32. The predicted octanol–water partition coefficient (Wildman–Crippen LogP) is 2.40. The molecule has 1 unspecified atom stereocenters. The van der Waals surface area contributed by atoms with Crippen molar-refractivity contribution in [1.29, 1.82) is 0 Å². The maximum absolute atomic E-state index is 11.5. The molecule has 0 N–H and O–H groups in total. The fraction of sp³-hybridized carbons (Fsp3) is 0.700. The van der Waals surface area contributed by atoms with Crippen LogP contribution in [0.3, 0.4) is 0 Å². The lowest BCUT2D eigenvalue weighted by molar-refractivity contribution is -0.141. The Morgan fingerprint density at radius 2 is 1.92 bits per heavy atom. The van der Waals surface area contributed by atoms with E-state index in [-0.39, 0.29) is 27.9 Å². The van der Waals surface area contributed by atoms with E-state index in [1.807, 2.05) is 0 Å². The summed E-state index contributed by atoms with van der Waals surface area (Å²) in [6.07, 6.45) is 4.23. The quantitative estimate of drug-likeness (QED) is 0.418. The number of alkyl halides is 1. The van der Waals surface area contributed by atoms with Crippen LogP contribution < -0.4 is 0 Å². The first-order valence-corrected chi connectivity index (χ1v) is 4.71. The monoisotopic (exact) mass is 184 g/mol. The fourth-order valence-corrected chi connectivity index (χ4v) is 2.97. The zero-order chi connectivity index (χ0) is 9.15. The van der Waals surface area contributed by atoms with Crippen LogP contribution in [0.15, 0.2) is 12.2 Å². The maximum atomic E-state index is 11.5. The standard InChI is InChI=1S/C10H13ClO/c1-9(2)4-5-10(3)7(9)6(12)8(10)11/h4-5,7-8H,1-3H3/t7-,8?,10+/m1/s1. The van der Waals surface area contributed by atoms with Gasteiger partial charge in [-0.05, 0) is 5.41 Å². The van der Waals surface area contributed by atoms with Crippen molar-refractivity contribution >= 4 is 17.4 Å². The Morgan fingerprint density at radius 1 is 1.33 bits per heavy atom. The Morgan fingerprint density at radius 3 is 2.42 bits per heavy atom. The highest BCUT2D eigenvalue weighted by Crippen LogP contribution is 2.60. The summed E-state index contributed by atoms with van der Waals surface area (Å²) in [4.78, 5) is 11.5. The van der Waals surface area contributed by atoms with Gasteiger partial charge in [0.1, 0.15) is 5.38 Å². The molecule has 1 saturated carbocycles. The normalized spacial score (nSPS) is 48.8. The van der Waals surface area contributed by atoms with Gasteiger partial charge >= 0.3 is 0 Å². The number of carbonyl (C=O) groups is 1. The lowest BCUT2D eigenvalue weighted by atomic mass is 9.56. The van der Waals surface area contributed by atoms with Crippen molar-refractivity contribution in [3.05, 3.63) is 12.2 Å². The second-order valence-electron chi connectivity index (χ2n) is 4.72. The van der Waals surface area contributed by atoms with E-state index in [4.69, 9.17) is 11.6 Å². The molecule has 66 valence electrons. The molecule has 2 heteroatoms. The number of hydrogen-bond donors (Lipinski definition) is 0. The van der Waals surface area contributed by atoms with Gasteiger partial charge in [-0.15, -0.1) is 11.6 Å². The summed E-state index contributed by atoms with van der Waals surface area (Å²) in [5.41, 5.74) is -0.0562. The molecule has 2 rings (SSSR count). The van der Waals surface area contributed by atoms with Crippen molar-refractivity contribution in [2.45, 2.75) is 26.1 Å². The minimum absolute atomic E-state index is 0.0111. The zero-order valence-corrected chi connectivity index (χ0v) is 8.35. The van der Waals surface area contributed by atoms with E-state index in [0.717, 1.165) is 0 Å². The first-order chi connectivity index (χ1) is 5.39. The lowest BCUT2D eigenvalue weighted by Crippen LogP contribution is -2.58. The van der Waals surface area contributed by atoms with Crippen LogP contribution in [0, 0.1) is 16.7 Å². The Labute approximate surface area is 77.8 Å². The molecule has 0 spiro atoms. The molecule has 1 fully saturated rings. The van der Waals surface area contributed by atoms with Crippen LogP contribution in [0.1, 0.15) is 20.8 Å². The number of rotatable bonds is 0. The fourth-order valence-electron chi connectivity index (χ4n) is 2.65. The minimum Gasteiger partial charge on any atom is -0.298 e. The second-order valence-corrected chi connectivity index (χ2v) is 5.16. The molecule has 2 aliphatic rings. The molecular weight excluding hydrogens is 172 g/mol. The number of allylic oxidation sites excluding steroid dienone is 2. The molecule has 12 heavy (non-hydrogen) atoms. The van der Waals surface area contributed by atoms with Gasteiger partial charge in [0.15, 0.2) is 5.78 Å². The van der Waals surface area contributed by atoms with Gasteiger partial charge in [-0.2, -0.15) is 0 Å². The largest absolute Gasteiger partial charge is 0.298 e. The molecule has 0 aromatic heterocycles. The van der Waals surface area contributed by atoms with Gasteiger partial charge < -0.3 is 0 Å². The predicted molar refractivity (Wildman–Crippen MR) is 49.2 cm³/mol. The molecule has 0 heterocycles. The lowest BCUT2D eigenvalue weighted by Gasteiger charge is -2.49. The van der Waals surface area contributed by atoms with Crippen LogP contribution in [0.25, 0.3) is 0 Å². The molecule has 0 bridgehead atoms. The van der Waals surface area contributed by atoms with E-state index >= 15 is 0 Å². The topological polar surface area (TPSA) is 17.1 Å². The van der Waals surface area contributed by atoms with Crippen molar-refractivity contribution in [2.24, 2.45) is 16.7 Å². The van der Waals surface area contributed by atoms with E-state index in [1.165, 1.54) is 0 Å². The molecule has 0 radical (unpaired) electrons. The maximum Gasteiger partial charge on any atom is 0.156 e. The summed E-state index contributed by atoms with van der Waals surface area (Å²) in [7, 11) is 0. The number of Topliss-reactive ketones (excluding diaryl/α,β-unsaturated/α-hetero) is 1. The van der Waals surface area contributed by atoms with Gasteiger partial charge in [-0.25, -0.2) is 0 Å². The van der Waals surface area contributed by atoms with E-state index < -0.39 is 0 Å². The average molecular weight is 185 g/mol. The Hall–Kier alpha value is -0.300. The molecule has 1 nitrogen and oxygen atoms in total. The van der Waals surface area contributed by atoms with Crippen LogP contribution in [-0.2, 0) is 4.79 Å². The van der Waals surface area contributed by atoms with Gasteiger partial charge in [-0.3, -0.25) is 4.79 Å². The number of ketones is 1. The van der Waals surface area contributed by atoms with Gasteiger partial charge in [0.25, 0.3) is 0 Å². The highest BCUT2D eigenvalue weighted by atomic mass is 35.5. The molecule has 0 aromatic carbocycles. The van der Waals surface area contributed by atoms with Gasteiger partial charge in [0.2, 0.25) is 0 Å². The van der Waals surface area contributed by atoms with E-state index in [0.29, 0.717) is 0 Å². The number of carbonyl (C=O) groups excluding carboxylic acids is 1. The first-order valence-electron chi connectivity index (χ1n) is 4.28. The van der Waals surface area contributed by atoms with Gasteiger partial charge in [-0.1, -0.05) is 32.9 Å². The van der Waals surface area contributed by atoms with Crippen LogP contribution in [0.5, 0.6) is 0 Å². The van der Waals surface area contributed by atoms with E-state index in [9.17, 15) is 4.79 Å². The Bertz CT molecular complexity index is 280. The minimum atomic E-state index is -0.291. The van der Waals surface area contributed by atoms with Crippen LogP contribution in [0.2, 0.25) is 0 Å². The van der Waals surface area contributed by atoms with Crippen LogP contribution in [0.4, 0.5) is 0 Å². The van der Waals surface area contributed by atoms with Crippen LogP contribution in [-0.4, -0.2) is 11.2 Å². The third-order valence-corrected chi connectivity index (χ3v) is 4.00. The second kappa shape index (κ2) is 1.95. The Kier molecular flexibility index (Phi) is 1.35. The molecule has 0 amide bonds. The summed E-state index contributed by atoms with van der Waals surface area (Å²) < 4.78 is 0. The van der Waals surface area contributed by atoms with Crippen molar-refractivity contribution < 1.29 is 4.79 Å². The zero-order valence-electron chi connectivity index (χ0n) is 7.60. The molecular formula is C10H13ClO. The SMILES string of the molecule is CC1(C)C=C[C@]2(C)C(Cl)C(=O)[C@H]12. The highest BCUT2D eigenvalue weighted by molar-refractivity contribution is 6.35. The third kappa shape index (κ3) is 0.687. The van der Waals surface area contributed by atoms with Crippen molar-refractivity contribution in [3.8, 4) is 0 Å². The molecule has 0 aliphatic heterocycles. The van der Waals surface area contributed by atoms with Crippen molar-refractivity contribution in [3.63, 3.8) is 0 Å². The van der Waals surface area contributed by atoms with Gasteiger partial charge in [0.05, 0.1) is 0 Å². The van der Waals surface area contributed by atoms with E-state index in [1.54, 1.807) is 0 Å². The summed E-state index contributed by atoms with van der Waals surface area (Å²) >= 11 is 5.97. The van der Waals surface area contributed by atoms with Gasteiger partial charge in [0, 0.05) is 11.3 Å². The summed E-state index contributed by atoms with van der Waals surface area (Å²) in [5.74, 6) is 0.335. The first kappa shape index (κ1) is 8.31. The number of hydrogen-bond acceptors (Lipinski definition) is 1. The number of fused-ring (bicyclic) bond motifs is 1.